The maximum Gasteiger partial charge on any atom is 0.306 e. The van der Waals surface area contributed by atoms with Gasteiger partial charge in [-0.25, -0.2) is 0 Å². The molecule has 0 aromatic heterocycles. The summed E-state index contributed by atoms with van der Waals surface area (Å²) < 4.78 is 5.29. The van der Waals surface area contributed by atoms with Crippen LogP contribution in [-0.2, 0) is 9.53 Å². The highest BCUT2D eigenvalue weighted by molar-refractivity contribution is 5.70. The van der Waals surface area contributed by atoms with Crippen LogP contribution in [0.4, 0.5) is 0 Å². The number of hydrogen-bond donors (Lipinski definition) is 1. The van der Waals surface area contributed by atoms with Gasteiger partial charge in [-0.05, 0) is 25.7 Å². The Hall–Kier alpha value is -0.570. The Morgan fingerprint density at radius 2 is 2.15 bits per heavy atom. The smallest absolute Gasteiger partial charge is 0.306 e. The molecule has 13 heavy (non-hydrogen) atoms. The number of carboxylic acid groups (broad SMARTS) is 1. The highest BCUT2D eigenvalue weighted by atomic mass is 16.5. The summed E-state index contributed by atoms with van der Waals surface area (Å²) >= 11 is 0. The van der Waals surface area contributed by atoms with Crippen LogP contribution in [0.1, 0.15) is 32.6 Å². The highest BCUT2D eigenvalue weighted by Crippen LogP contribution is 2.30. The van der Waals surface area contributed by atoms with Crippen molar-refractivity contribution in [2.45, 2.75) is 32.6 Å². The van der Waals surface area contributed by atoms with Crippen molar-refractivity contribution in [1.29, 1.82) is 0 Å². The van der Waals surface area contributed by atoms with Gasteiger partial charge in [0.2, 0.25) is 0 Å². The van der Waals surface area contributed by atoms with Gasteiger partial charge in [-0.1, -0.05) is 12.8 Å². The van der Waals surface area contributed by atoms with Gasteiger partial charge in [0.25, 0.3) is 0 Å². The molecule has 76 valence electrons. The molecule has 1 fully saturated rings. The minimum absolute atomic E-state index is 0.166. The zero-order valence-electron chi connectivity index (χ0n) is 8.16. The molecule has 1 saturated carbocycles. The van der Waals surface area contributed by atoms with Crippen LogP contribution in [0.15, 0.2) is 0 Å². The molecular formula is C10H18O3. The lowest BCUT2D eigenvalue weighted by Crippen LogP contribution is -2.30. The second kappa shape index (κ2) is 5.22. The van der Waals surface area contributed by atoms with Gasteiger partial charge in [0.1, 0.15) is 0 Å². The normalized spacial score (nSPS) is 28.7. The van der Waals surface area contributed by atoms with Gasteiger partial charge in [0.05, 0.1) is 12.5 Å². The van der Waals surface area contributed by atoms with E-state index in [2.05, 4.69) is 0 Å². The van der Waals surface area contributed by atoms with Gasteiger partial charge < -0.3 is 9.84 Å². The molecule has 0 aliphatic heterocycles. The summed E-state index contributed by atoms with van der Waals surface area (Å²) in [6.07, 6.45) is 4.05. The molecule has 2 atom stereocenters. The zero-order chi connectivity index (χ0) is 9.68. The van der Waals surface area contributed by atoms with E-state index in [1.807, 2.05) is 6.92 Å². The van der Waals surface area contributed by atoms with Crippen LogP contribution in [0.25, 0.3) is 0 Å². The van der Waals surface area contributed by atoms with Crippen LogP contribution in [0.5, 0.6) is 0 Å². The molecular weight excluding hydrogens is 168 g/mol. The van der Waals surface area contributed by atoms with Crippen LogP contribution in [0.3, 0.4) is 0 Å². The van der Waals surface area contributed by atoms with E-state index in [9.17, 15) is 4.79 Å². The van der Waals surface area contributed by atoms with E-state index < -0.39 is 5.97 Å². The Kier molecular flexibility index (Phi) is 4.22. The molecule has 0 radical (unpaired) electrons. The Bertz CT molecular complexity index is 168. The first-order chi connectivity index (χ1) is 6.25. The second-order valence-electron chi connectivity index (χ2n) is 3.65. The minimum Gasteiger partial charge on any atom is -0.481 e. The third-order valence-electron chi connectivity index (χ3n) is 2.76. The minimum atomic E-state index is -0.649. The van der Waals surface area contributed by atoms with Crippen molar-refractivity contribution in [3.8, 4) is 0 Å². The van der Waals surface area contributed by atoms with Crippen LogP contribution in [0.2, 0.25) is 0 Å². The van der Waals surface area contributed by atoms with Crippen molar-refractivity contribution in [1.82, 2.24) is 0 Å². The molecule has 3 nitrogen and oxygen atoms in total. The molecule has 1 aliphatic rings. The molecule has 0 bridgehead atoms. The summed E-state index contributed by atoms with van der Waals surface area (Å²) in [7, 11) is 0. The summed E-state index contributed by atoms with van der Waals surface area (Å²) in [5, 5.41) is 8.95. The predicted molar refractivity (Wildman–Crippen MR) is 49.6 cm³/mol. The van der Waals surface area contributed by atoms with E-state index in [4.69, 9.17) is 9.84 Å². The fourth-order valence-corrected chi connectivity index (χ4v) is 2.00. The number of carbonyl (C=O) groups is 1. The summed E-state index contributed by atoms with van der Waals surface area (Å²) in [6, 6.07) is 0. The molecule has 1 N–H and O–H groups in total. The Morgan fingerprint density at radius 1 is 1.46 bits per heavy atom. The van der Waals surface area contributed by atoms with Crippen molar-refractivity contribution in [2.24, 2.45) is 11.8 Å². The van der Waals surface area contributed by atoms with Crippen LogP contribution in [0, 0.1) is 11.8 Å². The number of carboxylic acids is 1. The molecule has 1 unspecified atom stereocenters. The lowest BCUT2D eigenvalue weighted by molar-refractivity contribution is -0.146. The Balaban J connectivity index is 2.41. The van der Waals surface area contributed by atoms with E-state index in [-0.39, 0.29) is 11.8 Å². The first-order valence-electron chi connectivity index (χ1n) is 5.06. The number of ether oxygens (including phenoxy) is 1. The van der Waals surface area contributed by atoms with E-state index >= 15 is 0 Å². The van der Waals surface area contributed by atoms with Crippen molar-refractivity contribution in [3.63, 3.8) is 0 Å². The number of hydrogen-bond acceptors (Lipinski definition) is 2. The van der Waals surface area contributed by atoms with Crippen LogP contribution in [-0.4, -0.2) is 24.3 Å². The van der Waals surface area contributed by atoms with E-state index in [0.717, 1.165) is 25.7 Å². The zero-order valence-corrected chi connectivity index (χ0v) is 8.16. The third kappa shape index (κ3) is 2.99. The number of rotatable bonds is 4. The summed E-state index contributed by atoms with van der Waals surface area (Å²) in [5.74, 6) is -0.573. The average molecular weight is 186 g/mol. The van der Waals surface area contributed by atoms with E-state index in [1.54, 1.807) is 0 Å². The van der Waals surface area contributed by atoms with Crippen molar-refractivity contribution in [2.75, 3.05) is 13.2 Å². The molecule has 0 amide bonds. The van der Waals surface area contributed by atoms with Gasteiger partial charge in [-0.2, -0.15) is 0 Å². The van der Waals surface area contributed by atoms with Crippen LogP contribution >= 0.6 is 0 Å². The number of aliphatic carboxylic acids is 1. The molecule has 0 spiro atoms. The molecule has 0 saturated heterocycles. The van der Waals surface area contributed by atoms with Crippen molar-refractivity contribution in [3.05, 3.63) is 0 Å². The van der Waals surface area contributed by atoms with E-state index in [0.29, 0.717) is 13.2 Å². The van der Waals surface area contributed by atoms with Gasteiger partial charge in [0.15, 0.2) is 0 Å². The largest absolute Gasteiger partial charge is 0.481 e. The second-order valence-corrected chi connectivity index (χ2v) is 3.65. The topological polar surface area (TPSA) is 46.5 Å². The summed E-state index contributed by atoms with van der Waals surface area (Å²) in [6.45, 7) is 3.24. The summed E-state index contributed by atoms with van der Waals surface area (Å²) in [4.78, 5) is 10.9. The first-order valence-corrected chi connectivity index (χ1v) is 5.06. The lowest BCUT2D eigenvalue weighted by atomic mass is 9.80. The fraction of sp³-hybridized carbons (Fsp3) is 0.900. The van der Waals surface area contributed by atoms with Crippen molar-refractivity contribution < 1.29 is 14.6 Å². The molecule has 3 heteroatoms. The summed E-state index contributed by atoms with van der Waals surface area (Å²) in [5.41, 5.74) is 0. The third-order valence-corrected chi connectivity index (χ3v) is 2.76. The molecule has 1 aliphatic carbocycles. The maximum atomic E-state index is 10.9. The molecule has 0 aromatic rings. The standard InChI is InChI=1S/C10H18O3/c1-2-13-7-8-5-3-4-6-9(8)10(11)12/h8-9H,2-7H2,1H3,(H,11,12)/t8-,9?/m0/s1. The molecule has 1 rings (SSSR count). The molecule has 0 aromatic carbocycles. The van der Waals surface area contributed by atoms with Gasteiger partial charge in [-0.3, -0.25) is 4.79 Å². The Morgan fingerprint density at radius 3 is 2.77 bits per heavy atom. The first kappa shape index (κ1) is 10.5. The fourth-order valence-electron chi connectivity index (χ4n) is 2.00. The Labute approximate surface area is 79.1 Å². The quantitative estimate of drug-likeness (QED) is 0.729. The van der Waals surface area contributed by atoms with Crippen LogP contribution < -0.4 is 0 Å². The van der Waals surface area contributed by atoms with Gasteiger partial charge in [-0.15, -0.1) is 0 Å². The average Bonchev–Trinajstić information content (AvgIpc) is 2.15. The predicted octanol–water partition coefficient (Wildman–Crippen LogP) is 1.91. The SMILES string of the molecule is CCOC[C@@H]1CCCCC1C(=O)O. The lowest BCUT2D eigenvalue weighted by Gasteiger charge is -2.27. The monoisotopic (exact) mass is 186 g/mol. The maximum absolute atomic E-state index is 10.9. The van der Waals surface area contributed by atoms with Crippen molar-refractivity contribution >= 4 is 5.97 Å². The highest BCUT2D eigenvalue weighted by Gasteiger charge is 2.30. The van der Waals surface area contributed by atoms with Gasteiger partial charge in [0, 0.05) is 6.61 Å². The van der Waals surface area contributed by atoms with Gasteiger partial charge >= 0.3 is 5.97 Å². The van der Waals surface area contributed by atoms with E-state index in [1.165, 1.54) is 0 Å². The molecule has 0 heterocycles.